The standard InChI is InChI=1S/C49H59N7O11S2/c1-31(2)69(62,63)54-15-13-36(14-16-54)55-30-39(33-5-3-6-34(26-33)45(50)68)37-10-9-32(25-41(37)55)27-51-46(58)35-28-53(29-35)17-18-64-19-20-65-21-22-66-23-24-67-42-8-4-7-38-44(42)49(61)56(48(38)60)40-11-12-43(57)52-47(40)59/h3-10,25-26,30-31,35-36,40H,11-24,27-29H2,1-2H3,(H2,50,68)(H,51,58)(H,52,57,59). The molecule has 4 aliphatic rings. The number of carbonyl (C=O) groups is 5. The molecule has 3 aromatic carbocycles. The fourth-order valence-electron chi connectivity index (χ4n) is 9.25. The van der Waals surface area contributed by atoms with Crippen LogP contribution in [0, 0.1) is 5.92 Å². The maximum absolute atomic E-state index is 13.2. The number of nitrogens with one attached hydrogen (secondary N) is 2. The smallest absolute Gasteiger partial charge is 0.266 e. The maximum Gasteiger partial charge on any atom is 0.266 e. The molecule has 4 aliphatic heterocycles. The number of amides is 5. The van der Waals surface area contributed by atoms with Gasteiger partial charge in [0.2, 0.25) is 27.7 Å². The highest BCUT2D eigenvalue weighted by Gasteiger charge is 2.46. The molecule has 1 unspecified atom stereocenters. The predicted octanol–water partition coefficient (Wildman–Crippen LogP) is 3.40. The number of sulfonamides is 1. The molecule has 0 bridgehead atoms. The number of benzene rings is 3. The van der Waals surface area contributed by atoms with E-state index in [0.717, 1.165) is 38.1 Å². The van der Waals surface area contributed by atoms with Crippen LogP contribution in [0.1, 0.15) is 77.4 Å². The highest BCUT2D eigenvalue weighted by molar-refractivity contribution is 7.89. The summed E-state index contributed by atoms with van der Waals surface area (Å²) < 4.78 is 52.5. The normalized spacial score (nSPS) is 18.5. The number of ether oxygens (including phenoxy) is 4. The molecule has 5 amide bonds. The van der Waals surface area contributed by atoms with Crippen molar-refractivity contribution >= 4 is 67.7 Å². The third kappa shape index (κ3) is 11.2. The largest absolute Gasteiger partial charge is 0.490 e. The van der Waals surface area contributed by atoms with Gasteiger partial charge in [0.25, 0.3) is 11.8 Å². The number of fused-ring (bicyclic) bond motifs is 2. The summed E-state index contributed by atoms with van der Waals surface area (Å²) >= 11 is 5.27. The molecule has 18 nitrogen and oxygen atoms in total. The number of nitrogens with two attached hydrogens (primary N) is 1. The van der Waals surface area contributed by atoms with E-state index in [0.29, 0.717) is 90.1 Å². The topological polar surface area (TPSA) is 221 Å². The highest BCUT2D eigenvalue weighted by Crippen LogP contribution is 2.38. The van der Waals surface area contributed by atoms with Crippen molar-refractivity contribution in [1.29, 1.82) is 0 Å². The van der Waals surface area contributed by atoms with E-state index in [-0.39, 0.29) is 60.8 Å². The van der Waals surface area contributed by atoms with Gasteiger partial charge >= 0.3 is 0 Å². The lowest BCUT2D eigenvalue weighted by Crippen LogP contribution is -2.54. The van der Waals surface area contributed by atoms with E-state index in [4.69, 9.17) is 36.9 Å². The Labute approximate surface area is 406 Å². The average Bonchev–Trinajstić information content (AvgIpc) is 3.83. The molecule has 1 atom stereocenters. The summed E-state index contributed by atoms with van der Waals surface area (Å²) in [6.45, 7) is 9.01. The van der Waals surface area contributed by atoms with Crippen molar-refractivity contribution in [1.82, 2.24) is 29.3 Å². The van der Waals surface area contributed by atoms with Crippen molar-refractivity contribution in [3.63, 3.8) is 0 Å². The Morgan fingerprint density at radius 1 is 0.855 bits per heavy atom. The number of aromatic nitrogens is 1. The number of rotatable bonds is 22. The molecule has 8 rings (SSSR count). The second-order valence-corrected chi connectivity index (χ2v) is 20.9. The van der Waals surface area contributed by atoms with Crippen molar-refractivity contribution in [2.24, 2.45) is 11.7 Å². The third-order valence-corrected chi connectivity index (χ3v) is 15.6. The van der Waals surface area contributed by atoms with Crippen LogP contribution in [0.5, 0.6) is 5.75 Å². The number of nitrogens with zero attached hydrogens (tertiary/aromatic N) is 4. The van der Waals surface area contributed by atoms with Crippen LogP contribution in [0.25, 0.3) is 22.0 Å². The van der Waals surface area contributed by atoms with Crippen LogP contribution in [0.4, 0.5) is 0 Å². The van der Waals surface area contributed by atoms with Gasteiger partial charge in [0.15, 0.2) is 0 Å². The van der Waals surface area contributed by atoms with Gasteiger partial charge in [0.05, 0.1) is 61.9 Å². The van der Waals surface area contributed by atoms with Crippen molar-refractivity contribution in [2.75, 3.05) is 79.0 Å². The summed E-state index contributed by atoms with van der Waals surface area (Å²) in [5.74, 6) is -2.23. The summed E-state index contributed by atoms with van der Waals surface area (Å²) in [6.07, 6.45) is 3.63. The minimum absolute atomic E-state index is 0.00681. The highest BCUT2D eigenvalue weighted by atomic mass is 32.2. The van der Waals surface area contributed by atoms with Gasteiger partial charge in [0.1, 0.15) is 23.4 Å². The zero-order valence-electron chi connectivity index (χ0n) is 38.9. The fraction of sp³-hybridized carbons (Fsp3) is 0.469. The molecule has 3 saturated heterocycles. The van der Waals surface area contributed by atoms with Crippen LogP contribution in [0.2, 0.25) is 0 Å². The van der Waals surface area contributed by atoms with Crippen LogP contribution in [0.3, 0.4) is 0 Å². The molecule has 4 aromatic rings. The molecule has 0 aliphatic carbocycles. The first-order valence-electron chi connectivity index (χ1n) is 23.4. The van der Waals surface area contributed by atoms with E-state index >= 15 is 0 Å². The summed E-state index contributed by atoms with van der Waals surface area (Å²) in [5, 5.41) is 5.91. The Hall–Kier alpha value is -5.61. The first-order valence-corrected chi connectivity index (χ1v) is 25.4. The van der Waals surface area contributed by atoms with Crippen LogP contribution in [-0.2, 0) is 45.2 Å². The van der Waals surface area contributed by atoms with E-state index in [9.17, 15) is 32.4 Å². The van der Waals surface area contributed by atoms with Crippen LogP contribution >= 0.6 is 12.2 Å². The van der Waals surface area contributed by atoms with Crippen LogP contribution in [0.15, 0.2) is 66.9 Å². The third-order valence-electron chi connectivity index (χ3n) is 13.1. The van der Waals surface area contributed by atoms with E-state index in [2.05, 4.69) is 38.4 Å². The molecular weight excluding hydrogens is 927 g/mol. The van der Waals surface area contributed by atoms with Gasteiger partial charge in [0, 0.05) is 80.0 Å². The lowest BCUT2D eigenvalue weighted by atomic mass is 9.99. The fourth-order valence-corrected chi connectivity index (χ4v) is 10.7. The summed E-state index contributed by atoms with van der Waals surface area (Å²) in [6, 6.07) is 17.9. The summed E-state index contributed by atoms with van der Waals surface area (Å²) in [5.41, 5.74) is 11.0. The van der Waals surface area contributed by atoms with Crippen LogP contribution < -0.4 is 21.1 Å². The molecule has 20 heteroatoms. The Morgan fingerprint density at radius 3 is 2.25 bits per heavy atom. The van der Waals surface area contributed by atoms with E-state index in [1.54, 1.807) is 30.3 Å². The molecule has 4 N–H and O–H groups in total. The number of imide groups is 2. The van der Waals surface area contributed by atoms with Crippen molar-refractivity contribution < 1.29 is 51.3 Å². The zero-order chi connectivity index (χ0) is 48.8. The van der Waals surface area contributed by atoms with Gasteiger partial charge < -0.3 is 34.6 Å². The molecule has 5 heterocycles. The zero-order valence-corrected chi connectivity index (χ0v) is 40.5. The monoisotopic (exact) mass is 985 g/mol. The summed E-state index contributed by atoms with van der Waals surface area (Å²) in [7, 11) is -3.34. The Balaban J connectivity index is 0.715. The first-order chi connectivity index (χ1) is 33.2. The molecule has 69 heavy (non-hydrogen) atoms. The number of likely N-dealkylation sites (tertiary alicyclic amines) is 1. The molecule has 368 valence electrons. The lowest BCUT2D eigenvalue weighted by Gasteiger charge is -2.38. The molecule has 3 fully saturated rings. The number of hydrogen-bond donors (Lipinski definition) is 3. The van der Waals surface area contributed by atoms with E-state index in [1.807, 2.05) is 30.3 Å². The quantitative estimate of drug-likeness (QED) is 0.0584. The number of piperidine rings is 2. The van der Waals surface area contributed by atoms with Crippen molar-refractivity contribution in [3.05, 3.63) is 89.1 Å². The van der Waals surface area contributed by atoms with E-state index < -0.39 is 44.9 Å². The number of hydrogen-bond acceptors (Lipinski definition) is 13. The number of thiocarbonyl (C=S) groups is 1. The maximum atomic E-state index is 13.2. The lowest BCUT2D eigenvalue weighted by molar-refractivity contribution is -0.136. The summed E-state index contributed by atoms with van der Waals surface area (Å²) in [4.78, 5) is 66.8. The average molecular weight is 986 g/mol. The minimum Gasteiger partial charge on any atom is -0.490 e. The van der Waals surface area contributed by atoms with Crippen molar-refractivity contribution in [3.8, 4) is 16.9 Å². The predicted molar refractivity (Wildman–Crippen MR) is 260 cm³/mol. The van der Waals surface area contributed by atoms with E-state index in [1.165, 1.54) is 6.07 Å². The second-order valence-electron chi connectivity index (χ2n) is 18.0. The van der Waals surface area contributed by atoms with Gasteiger partial charge in [-0.1, -0.05) is 48.6 Å². The Kier molecular flexibility index (Phi) is 15.9. The van der Waals surface area contributed by atoms with Gasteiger partial charge in [-0.2, -0.15) is 0 Å². The second kappa shape index (κ2) is 22.0. The Bertz CT molecular complexity index is 2710. The molecule has 0 saturated carbocycles. The van der Waals surface area contributed by atoms with Gasteiger partial charge in [-0.3, -0.25) is 39.1 Å². The SMILES string of the molecule is CC(C)S(=O)(=O)N1CCC(n2cc(-c3cccc(C(N)=S)c3)c3ccc(CNC(=O)C4CN(CCOCCOCCOCCOc5cccc6c5C(=O)N(C5CCC(=O)NC5=O)C6=O)C4)cc32)CC1. The van der Waals surface area contributed by atoms with Crippen LogP contribution in [-0.4, -0.2) is 152 Å². The minimum atomic E-state index is -3.34. The molecule has 1 aromatic heterocycles. The Morgan fingerprint density at radius 2 is 1.55 bits per heavy atom. The van der Waals surface area contributed by atoms with Gasteiger partial charge in [-0.25, -0.2) is 12.7 Å². The molecular formula is C49H59N7O11S2. The van der Waals surface area contributed by atoms with Gasteiger partial charge in [-0.15, -0.1) is 0 Å². The molecule has 0 spiro atoms. The van der Waals surface area contributed by atoms with Gasteiger partial charge in [-0.05, 0) is 68.5 Å². The number of carbonyl (C=O) groups excluding carboxylic acids is 5. The molecule has 0 radical (unpaired) electrons. The first kappa shape index (κ1) is 49.8. The van der Waals surface area contributed by atoms with Crippen molar-refractivity contribution in [2.45, 2.75) is 63.4 Å².